The first kappa shape index (κ1) is 22.1. The fourth-order valence-corrected chi connectivity index (χ4v) is 4.28. The standard InChI is InChI=1S/C22H21N3O5S/c1-16-10-11-18(22(26)24-19-8-5-9-20(15-19)25(27)28)14-21(16)31(29,30)23-13-12-17-6-3-2-4-7-17/h2-11,14-15,23H,12-13H2,1H3,(H,24,26). The number of hydrogen-bond acceptors (Lipinski definition) is 5. The van der Waals surface area contributed by atoms with Crippen molar-refractivity contribution in [1.82, 2.24) is 4.72 Å². The number of anilines is 1. The molecule has 3 aromatic rings. The van der Waals surface area contributed by atoms with Gasteiger partial charge in [0.05, 0.1) is 9.82 Å². The summed E-state index contributed by atoms with van der Waals surface area (Å²) in [5.74, 6) is -0.568. The molecule has 0 saturated heterocycles. The first-order valence-corrected chi connectivity index (χ1v) is 10.9. The van der Waals surface area contributed by atoms with E-state index in [0.717, 1.165) is 5.56 Å². The van der Waals surface area contributed by atoms with Gasteiger partial charge in [-0.3, -0.25) is 14.9 Å². The minimum Gasteiger partial charge on any atom is -0.322 e. The van der Waals surface area contributed by atoms with E-state index in [1.54, 1.807) is 13.0 Å². The molecule has 0 bridgehead atoms. The molecule has 0 spiro atoms. The number of hydrogen-bond donors (Lipinski definition) is 2. The second kappa shape index (κ2) is 9.50. The Bertz CT molecular complexity index is 1210. The maximum atomic E-state index is 12.8. The Balaban J connectivity index is 1.74. The smallest absolute Gasteiger partial charge is 0.271 e. The molecule has 1 amide bonds. The van der Waals surface area contributed by atoms with Crippen molar-refractivity contribution in [2.75, 3.05) is 11.9 Å². The van der Waals surface area contributed by atoms with E-state index in [0.29, 0.717) is 12.0 Å². The van der Waals surface area contributed by atoms with Crippen molar-refractivity contribution < 1.29 is 18.1 Å². The van der Waals surface area contributed by atoms with Crippen LogP contribution in [0.5, 0.6) is 0 Å². The zero-order valence-electron chi connectivity index (χ0n) is 16.7. The Morgan fingerprint density at radius 3 is 2.45 bits per heavy atom. The topological polar surface area (TPSA) is 118 Å². The Labute approximate surface area is 180 Å². The fraction of sp³-hybridized carbons (Fsp3) is 0.136. The summed E-state index contributed by atoms with van der Waals surface area (Å²) in [4.78, 5) is 22.9. The molecule has 3 aromatic carbocycles. The normalized spacial score (nSPS) is 11.1. The van der Waals surface area contributed by atoms with Gasteiger partial charge in [0.15, 0.2) is 0 Å². The average molecular weight is 439 g/mol. The molecule has 0 atom stereocenters. The molecule has 0 aromatic heterocycles. The minimum absolute atomic E-state index is 0.00672. The molecular formula is C22H21N3O5S. The highest BCUT2D eigenvalue weighted by Gasteiger charge is 2.19. The van der Waals surface area contributed by atoms with E-state index in [1.807, 2.05) is 30.3 Å². The number of nitrogens with zero attached hydrogens (tertiary/aromatic N) is 1. The van der Waals surface area contributed by atoms with Crippen molar-refractivity contribution >= 4 is 27.3 Å². The number of nitro groups is 1. The molecule has 0 aliphatic rings. The largest absolute Gasteiger partial charge is 0.322 e. The maximum Gasteiger partial charge on any atom is 0.271 e. The van der Waals surface area contributed by atoms with Crippen LogP contribution in [0.25, 0.3) is 0 Å². The highest BCUT2D eigenvalue weighted by molar-refractivity contribution is 7.89. The Morgan fingerprint density at radius 2 is 1.74 bits per heavy atom. The summed E-state index contributed by atoms with van der Waals surface area (Å²) in [7, 11) is -3.83. The molecule has 3 rings (SSSR count). The van der Waals surface area contributed by atoms with Crippen LogP contribution in [0.1, 0.15) is 21.5 Å². The summed E-state index contributed by atoms with van der Waals surface area (Å²) in [5.41, 5.74) is 1.71. The van der Waals surface area contributed by atoms with Crippen molar-refractivity contribution in [2.45, 2.75) is 18.2 Å². The van der Waals surface area contributed by atoms with Gasteiger partial charge in [0.1, 0.15) is 0 Å². The summed E-state index contributed by atoms with van der Waals surface area (Å²) < 4.78 is 28.1. The molecule has 2 N–H and O–H groups in total. The number of nitrogens with one attached hydrogen (secondary N) is 2. The summed E-state index contributed by atoms with van der Waals surface area (Å²) in [6.07, 6.45) is 0.534. The predicted octanol–water partition coefficient (Wildman–Crippen LogP) is 3.68. The third kappa shape index (κ3) is 5.74. The molecule has 0 saturated carbocycles. The predicted molar refractivity (Wildman–Crippen MR) is 118 cm³/mol. The van der Waals surface area contributed by atoms with Crippen molar-refractivity contribution in [2.24, 2.45) is 0 Å². The molecule has 0 radical (unpaired) electrons. The number of nitro benzene ring substituents is 1. The van der Waals surface area contributed by atoms with Crippen LogP contribution in [0, 0.1) is 17.0 Å². The van der Waals surface area contributed by atoms with Gasteiger partial charge in [0, 0.05) is 29.9 Å². The van der Waals surface area contributed by atoms with Gasteiger partial charge in [0.25, 0.3) is 11.6 Å². The van der Waals surface area contributed by atoms with Gasteiger partial charge in [-0.1, -0.05) is 42.5 Å². The molecule has 9 heteroatoms. The second-order valence-corrected chi connectivity index (χ2v) is 8.61. The van der Waals surface area contributed by atoms with Crippen molar-refractivity contribution in [3.63, 3.8) is 0 Å². The number of aryl methyl sites for hydroxylation is 1. The Kier molecular flexibility index (Phi) is 6.78. The van der Waals surface area contributed by atoms with E-state index in [1.165, 1.54) is 36.4 Å². The van der Waals surface area contributed by atoms with Crippen molar-refractivity contribution in [3.8, 4) is 0 Å². The van der Waals surface area contributed by atoms with Gasteiger partial charge in [0.2, 0.25) is 10.0 Å². The summed E-state index contributed by atoms with van der Waals surface area (Å²) in [6.45, 7) is 1.86. The lowest BCUT2D eigenvalue weighted by Gasteiger charge is -2.12. The fourth-order valence-electron chi connectivity index (χ4n) is 2.98. The van der Waals surface area contributed by atoms with Gasteiger partial charge in [-0.05, 0) is 42.7 Å². The van der Waals surface area contributed by atoms with Crippen LogP contribution >= 0.6 is 0 Å². The molecule has 0 fully saturated rings. The number of carbonyl (C=O) groups is 1. The first-order chi connectivity index (χ1) is 14.8. The van der Waals surface area contributed by atoms with Gasteiger partial charge >= 0.3 is 0 Å². The number of sulfonamides is 1. The third-order valence-corrected chi connectivity index (χ3v) is 6.21. The van der Waals surface area contributed by atoms with E-state index in [2.05, 4.69) is 10.0 Å². The lowest BCUT2D eigenvalue weighted by Crippen LogP contribution is -2.27. The third-order valence-electron chi connectivity index (χ3n) is 4.60. The van der Waals surface area contributed by atoms with E-state index < -0.39 is 20.9 Å². The molecule has 8 nitrogen and oxygen atoms in total. The average Bonchev–Trinajstić information content (AvgIpc) is 2.74. The quantitative estimate of drug-likeness (QED) is 0.410. The van der Waals surface area contributed by atoms with Crippen LogP contribution in [-0.4, -0.2) is 25.8 Å². The van der Waals surface area contributed by atoms with E-state index in [9.17, 15) is 23.3 Å². The second-order valence-electron chi connectivity index (χ2n) is 6.88. The maximum absolute atomic E-state index is 12.8. The first-order valence-electron chi connectivity index (χ1n) is 9.46. The van der Waals surface area contributed by atoms with Crippen molar-refractivity contribution in [1.29, 1.82) is 0 Å². The molecule has 0 unspecified atom stereocenters. The van der Waals surface area contributed by atoms with E-state index in [4.69, 9.17) is 0 Å². The van der Waals surface area contributed by atoms with E-state index >= 15 is 0 Å². The Hall–Kier alpha value is -3.56. The molecule has 0 aliphatic carbocycles. The van der Waals surface area contributed by atoms with Gasteiger partial charge in [-0.2, -0.15) is 0 Å². The van der Waals surface area contributed by atoms with Gasteiger partial charge in [-0.25, -0.2) is 13.1 Å². The number of benzene rings is 3. The summed E-state index contributed by atoms with van der Waals surface area (Å²) in [5, 5.41) is 13.5. The lowest BCUT2D eigenvalue weighted by molar-refractivity contribution is -0.384. The number of carbonyl (C=O) groups excluding carboxylic acids is 1. The number of rotatable bonds is 8. The Morgan fingerprint density at radius 1 is 1.00 bits per heavy atom. The van der Waals surface area contributed by atoms with Crippen LogP contribution in [0.2, 0.25) is 0 Å². The van der Waals surface area contributed by atoms with Crippen LogP contribution in [0.15, 0.2) is 77.7 Å². The minimum atomic E-state index is -3.83. The van der Waals surface area contributed by atoms with Crippen molar-refractivity contribution in [3.05, 3.63) is 99.6 Å². The number of non-ortho nitro benzene ring substituents is 1. The summed E-state index contributed by atoms with van der Waals surface area (Å²) >= 11 is 0. The monoisotopic (exact) mass is 439 g/mol. The zero-order chi connectivity index (χ0) is 22.4. The van der Waals surface area contributed by atoms with Gasteiger partial charge < -0.3 is 5.32 Å². The van der Waals surface area contributed by atoms with Crippen LogP contribution in [0.4, 0.5) is 11.4 Å². The SMILES string of the molecule is Cc1ccc(C(=O)Nc2cccc([N+](=O)[O-])c2)cc1S(=O)(=O)NCCc1ccccc1. The molecule has 0 heterocycles. The highest BCUT2D eigenvalue weighted by Crippen LogP contribution is 2.20. The summed E-state index contributed by atoms with van der Waals surface area (Å²) in [6, 6.07) is 19.4. The molecule has 160 valence electrons. The molecule has 31 heavy (non-hydrogen) atoms. The number of amides is 1. The van der Waals surface area contributed by atoms with Crippen LogP contribution in [-0.2, 0) is 16.4 Å². The van der Waals surface area contributed by atoms with Crippen LogP contribution < -0.4 is 10.0 Å². The highest BCUT2D eigenvalue weighted by atomic mass is 32.2. The zero-order valence-corrected chi connectivity index (χ0v) is 17.6. The lowest BCUT2D eigenvalue weighted by atomic mass is 10.1. The van der Waals surface area contributed by atoms with Gasteiger partial charge in [-0.15, -0.1) is 0 Å². The molecular weight excluding hydrogens is 418 g/mol. The molecule has 0 aliphatic heterocycles. The van der Waals surface area contributed by atoms with Crippen LogP contribution in [0.3, 0.4) is 0 Å². The van der Waals surface area contributed by atoms with E-state index in [-0.39, 0.29) is 28.4 Å².